The van der Waals surface area contributed by atoms with E-state index in [4.69, 9.17) is 5.73 Å². The van der Waals surface area contributed by atoms with Crippen LogP contribution in [0.1, 0.15) is 41.2 Å². The zero-order chi connectivity index (χ0) is 12.1. The molecule has 1 unspecified atom stereocenters. The maximum absolute atomic E-state index is 10.8. The number of rotatable bonds is 5. The van der Waals surface area contributed by atoms with Gasteiger partial charge in [0, 0.05) is 11.6 Å². The Labute approximate surface area is 103 Å². The average molecular weight is 232 g/mol. The van der Waals surface area contributed by atoms with Crippen LogP contribution in [0.3, 0.4) is 0 Å². The van der Waals surface area contributed by atoms with Crippen LogP contribution in [0.25, 0.3) is 0 Å². The first-order chi connectivity index (χ1) is 8.35. The van der Waals surface area contributed by atoms with E-state index in [1.807, 2.05) is 18.2 Å². The van der Waals surface area contributed by atoms with Crippen LogP contribution in [0.4, 0.5) is 0 Å². The molecule has 0 saturated carbocycles. The van der Waals surface area contributed by atoms with E-state index in [1.165, 1.54) is 18.4 Å². The molecule has 2 rings (SSSR count). The fourth-order valence-corrected chi connectivity index (χ4v) is 2.61. The van der Waals surface area contributed by atoms with Crippen molar-refractivity contribution in [3.63, 3.8) is 0 Å². The van der Waals surface area contributed by atoms with Gasteiger partial charge in [0.05, 0.1) is 0 Å². The van der Waals surface area contributed by atoms with Crippen molar-refractivity contribution in [2.75, 3.05) is 19.6 Å². The van der Waals surface area contributed by atoms with Crippen LogP contribution < -0.4 is 5.73 Å². The molecule has 3 heteroatoms. The Morgan fingerprint density at radius 2 is 2.35 bits per heavy atom. The Bertz CT molecular complexity index is 378. The van der Waals surface area contributed by atoms with Crippen LogP contribution in [0.5, 0.6) is 0 Å². The van der Waals surface area contributed by atoms with E-state index in [-0.39, 0.29) is 0 Å². The van der Waals surface area contributed by atoms with Gasteiger partial charge in [0.1, 0.15) is 6.29 Å². The molecule has 1 aliphatic heterocycles. The first-order valence-corrected chi connectivity index (χ1v) is 6.34. The number of hydrogen-bond donors (Lipinski definition) is 1. The van der Waals surface area contributed by atoms with Gasteiger partial charge in [-0.1, -0.05) is 18.2 Å². The summed E-state index contributed by atoms with van der Waals surface area (Å²) in [6.07, 6.45) is 4.39. The average Bonchev–Trinajstić information content (AvgIpc) is 2.84. The second kappa shape index (κ2) is 5.94. The molecule has 0 aromatic heterocycles. The Morgan fingerprint density at radius 3 is 3.12 bits per heavy atom. The van der Waals surface area contributed by atoms with E-state index in [9.17, 15) is 4.79 Å². The first kappa shape index (κ1) is 12.3. The van der Waals surface area contributed by atoms with Gasteiger partial charge < -0.3 is 5.73 Å². The molecule has 17 heavy (non-hydrogen) atoms. The summed E-state index contributed by atoms with van der Waals surface area (Å²) in [5, 5.41) is 0. The largest absolute Gasteiger partial charge is 0.330 e. The van der Waals surface area contributed by atoms with Crippen LogP contribution in [0, 0.1) is 0 Å². The minimum atomic E-state index is 0.474. The maximum Gasteiger partial charge on any atom is 0.150 e. The van der Waals surface area contributed by atoms with Gasteiger partial charge in [-0.15, -0.1) is 0 Å². The summed E-state index contributed by atoms with van der Waals surface area (Å²) in [7, 11) is 0. The van der Waals surface area contributed by atoms with Crippen molar-refractivity contribution in [2.45, 2.75) is 25.3 Å². The molecule has 3 nitrogen and oxygen atoms in total. The van der Waals surface area contributed by atoms with Crippen LogP contribution >= 0.6 is 0 Å². The molecule has 0 bridgehead atoms. The summed E-state index contributed by atoms with van der Waals surface area (Å²) >= 11 is 0. The standard InChI is InChI=1S/C14H20N2O/c15-7-3-9-16-8-2-6-14(16)13-5-1-4-12(10-13)11-17/h1,4-5,10-11,14H,2-3,6-9,15H2. The van der Waals surface area contributed by atoms with Crippen LogP contribution in [0.15, 0.2) is 24.3 Å². The van der Waals surface area contributed by atoms with Gasteiger partial charge in [0.2, 0.25) is 0 Å². The molecule has 0 aliphatic carbocycles. The summed E-state index contributed by atoms with van der Waals surface area (Å²) in [6.45, 7) is 2.96. The lowest BCUT2D eigenvalue weighted by molar-refractivity contribution is 0.112. The number of carbonyl (C=O) groups excluding carboxylic acids is 1. The SMILES string of the molecule is NCCCN1CCCC1c1cccc(C=O)c1. The highest BCUT2D eigenvalue weighted by atomic mass is 16.1. The fraction of sp³-hybridized carbons (Fsp3) is 0.500. The third-order valence-corrected chi connectivity index (χ3v) is 3.44. The van der Waals surface area contributed by atoms with Crippen molar-refractivity contribution in [1.29, 1.82) is 0 Å². The normalized spacial score (nSPS) is 20.6. The Morgan fingerprint density at radius 1 is 1.47 bits per heavy atom. The number of likely N-dealkylation sites (tertiary alicyclic amines) is 1. The van der Waals surface area contributed by atoms with Crippen molar-refractivity contribution < 1.29 is 4.79 Å². The molecule has 1 aromatic rings. The lowest BCUT2D eigenvalue weighted by Crippen LogP contribution is -2.26. The molecule has 92 valence electrons. The third kappa shape index (κ3) is 2.93. The number of aldehydes is 1. The summed E-state index contributed by atoms with van der Waals surface area (Å²) in [6, 6.07) is 8.44. The Kier molecular flexibility index (Phi) is 4.29. The second-order valence-corrected chi connectivity index (χ2v) is 4.62. The molecule has 1 fully saturated rings. The lowest BCUT2D eigenvalue weighted by Gasteiger charge is -2.24. The molecule has 1 saturated heterocycles. The molecular formula is C14H20N2O. The van der Waals surface area contributed by atoms with Gasteiger partial charge in [-0.05, 0) is 50.5 Å². The number of nitrogens with zero attached hydrogens (tertiary/aromatic N) is 1. The molecule has 1 aromatic carbocycles. The van der Waals surface area contributed by atoms with E-state index in [0.29, 0.717) is 6.04 Å². The first-order valence-electron chi connectivity index (χ1n) is 6.34. The Balaban J connectivity index is 2.11. The van der Waals surface area contributed by atoms with Gasteiger partial charge in [0.15, 0.2) is 0 Å². The number of hydrogen-bond acceptors (Lipinski definition) is 3. The molecule has 0 radical (unpaired) electrons. The molecule has 0 amide bonds. The summed E-state index contributed by atoms with van der Waals surface area (Å²) in [5.41, 5.74) is 7.60. The topological polar surface area (TPSA) is 46.3 Å². The zero-order valence-corrected chi connectivity index (χ0v) is 10.1. The van der Waals surface area contributed by atoms with E-state index in [0.717, 1.165) is 37.9 Å². The van der Waals surface area contributed by atoms with Gasteiger partial charge >= 0.3 is 0 Å². The molecule has 2 N–H and O–H groups in total. The zero-order valence-electron chi connectivity index (χ0n) is 10.1. The van der Waals surface area contributed by atoms with Gasteiger partial charge in [-0.25, -0.2) is 0 Å². The Hall–Kier alpha value is -1.19. The van der Waals surface area contributed by atoms with Crippen molar-refractivity contribution >= 4 is 6.29 Å². The minimum Gasteiger partial charge on any atom is -0.330 e. The van der Waals surface area contributed by atoms with E-state index >= 15 is 0 Å². The predicted octanol–water partition coefficient (Wildman–Crippen LogP) is 1.98. The highest BCUT2D eigenvalue weighted by Crippen LogP contribution is 2.31. The molecule has 1 heterocycles. The van der Waals surface area contributed by atoms with E-state index < -0.39 is 0 Å². The van der Waals surface area contributed by atoms with Crippen LogP contribution in [-0.2, 0) is 0 Å². The van der Waals surface area contributed by atoms with Crippen LogP contribution in [-0.4, -0.2) is 30.8 Å². The fourth-order valence-electron chi connectivity index (χ4n) is 2.61. The minimum absolute atomic E-state index is 0.474. The smallest absolute Gasteiger partial charge is 0.150 e. The third-order valence-electron chi connectivity index (χ3n) is 3.44. The number of nitrogens with two attached hydrogens (primary N) is 1. The van der Waals surface area contributed by atoms with Crippen molar-refractivity contribution in [2.24, 2.45) is 5.73 Å². The van der Waals surface area contributed by atoms with Gasteiger partial charge in [-0.3, -0.25) is 9.69 Å². The van der Waals surface area contributed by atoms with Crippen molar-refractivity contribution in [3.8, 4) is 0 Å². The van der Waals surface area contributed by atoms with E-state index in [2.05, 4.69) is 11.0 Å². The van der Waals surface area contributed by atoms with Gasteiger partial charge in [0.25, 0.3) is 0 Å². The quantitative estimate of drug-likeness (QED) is 0.790. The maximum atomic E-state index is 10.8. The predicted molar refractivity (Wildman–Crippen MR) is 69.0 cm³/mol. The summed E-state index contributed by atoms with van der Waals surface area (Å²) in [5.74, 6) is 0. The highest BCUT2D eigenvalue weighted by molar-refractivity contribution is 5.75. The van der Waals surface area contributed by atoms with Crippen molar-refractivity contribution in [3.05, 3.63) is 35.4 Å². The molecule has 1 aliphatic rings. The highest BCUT2D eigenvalue weighted by Gasteiger charge is 2.25. The monoisotopic (exact) mass is 232 g/mol. The summed E-state index contributed by atoms with van der Waals surface area (Å²) in [4.78, 5) is 13.3. The lowest BCUT2D eigenvalue weighted by atomic mass is 10.0. The second-order valence-electron chi connectivity index (χ2n) is 4.62. The molecular weight excluding hydrogens is 212 g/mol. The van der Waals surface area contributed by atoms with Crippen LogP contribution in [0.2, 0.25) is 0 Å². The van der Waals surface area contributed by atoms with Gasteiger partial charge in [-0.2, -0.15) is 0 Å². The number of carbonyl (C=O) groups is 1. The number of benzene rings is 1. The molecule has 0 spiro atoms. The van der Waals surface area contributed by atoms with E-state index in [1.54, 1.807) is 0 Å². The summed E-state index contributed by atoms with van der Waals surface area (Å²) < 4.78 is 0. The molecule has 1 atom stereocenters. The van der Waals surface area contributed by atoms with Crippen molar-refractivity contribution in [1.82, 2.24) is 4.90 Å².